The molecule has 0 aliphatic carbocycles. The molecule has 2 atom stereocenters. The van der Waals surface area contributed by atoms with Crippen LogP contribution in [0.3, 0.4) is 0 Å². The van der Waals surface area contributed by atoms with E-state index < -0.39 is 58.0 Å². The van der Waals surface area contributed by atoms with Gasteiger partial charge in [0.05, 0.1) is 0 Å². The lowest BCUT2D eigenvalue weighted by atomic mass is 9.77. The highest BCUT2D eigenvalue weighted by Crippen LogP contribution is 2.43. The molecular formula is C54H51N5O8S2. The lowest BCUT2D eigenvalue weighted by Gasteiger charge is -2.49. The molecule has 2 aliphatic heterocycles. The molecule has 1 aromatic heterocycles. The number of oxime groups is 1. The Morgan fingerprint density at radius 2 is 1.29 bits per heavy atom. The molecule has 69 heavy (non-hydrogen) atoms. The molecule has 0 saturated carbocycles. The molecule has 3 heterocycles. The lowest BCUT2D eigenvalue weighted by molar-refractivity contribution is -0.179. The molecule has 0 bridgehead atoms. The second-order valence-electron chi connectivity index (χ2n) is 17.8. The van der Waals surface area contributed by atoms with Gasteiger partial charge in [-0.05, 0) is 68.0 Å². The third kappa shape index (κ3) is 10.4. The van der Waals surface area contributed by atoms with Crippen molar-refractivity contribution in [2.45, 2.75) is 75.3 Å². The Kier molecular flexibility index (Phi) is 14.3. The van der Waals surface area contributed by atoms with Crippen LogP contribution in [0.1, 0.15) is 80.7 Å². The average molecular weight is 962 g/mol. The number of aromatic nitrogens is 1. The number of ether oxygens (including phenoxy) is 2. The Labute approximate surface area is 409 Å². The van der Waals surface area contributed by atoms with Crippen molar-refractivity contribution in [1.82, 2.24) is 15.2 Å². The van der Waals surface area contributed by atoms with Crippen LogP contribution in [0.15, 0.2) is 173 Å². The first-order chi connectivity index (χ1) is 33.2. The Morgan fingerprint density at radius 3 is 1.78 bits per heavy atom. The standard InChI is InChI=1S/C54H51N5O8S2/c1-52(2,3)66-50(64)53(4,5)67-58-42(41-34-69-51(55-41)57-54(38-25-15-8-16-26-38,39-27-17-9-18-28-39)40-29-19-10-20-30-40)46(61)56-43-47(62)59-44(37(31-32-60)33-68-48(43)59)49(63)65-45(35-21-11-6-12-22-35)36-23-13-7-14-24-36/h6-30,32,34,43,45,48H,31,33H2,1-5H3,(H,55,57)(H,56,61). The first-order valence-electron chi connectivity index (χ1n) is 22.3. The molecule has 1 fully saturated rings. The van der Waals surface area contributed by atoms with E-state index in [0.717, 1.165) is 16.7 Å². The van der Waals surface area contributed by atoms with Gasteiger partial charge >= 0.3 is 11.9 Å². The van der Waals surface area contributed by atoms with Crippen molar-refractivity contribution in [3.8, 4) is 0 Å². The summed E-state index contributed by atoms with van der Waals surface area (Å²) in [5.41, 5.74) is 0.908. The molecule has 8 rings (SSSR count). The van der Waals surface area contributed by atoms with Gasteiger partial charge in [0.15, 0.2) is 16.9 Å². The Bertz CT molecular complexity index is 2730. The maximum Gasteiger partial charge on any atom is 0.356 e. The number of hydrogen-bond acceptors (Lipinski definition) is 13. The van der Waals surface area contributed by atoms with E-state index in [1.165, 1.54) is 41.8 Å². The number of nitrogens with zero attached hydrogens (tertiary/aromatic N) is 3. The number of benzene rings is 5. The van der Waals surface area contributed by atoms with E-state index in [1.54, 1.807) is 26.2 Å². The highest BCUT2D eigenvalue weighted by atomic mass is 32.2. The topological polar surface area (TPSA) is 166 Å². The van der Waals surface area contributed by atoms with Gasteiger partial charge in [0.2, 0.25) is 5.60 Å². The second kappa shape index (κ2) is 20.5. The van der Waals surface area contributed by atoms with E-state index >= 15 is 0 Å². The predicted molar refractivity (Wildman–Crippen MR) is 266 cm³/mol. The van der Waals surface area contributed by atoms with Crippen LogP contribution in [0.4, 0.5) is 5.13 Å². The van der Waals surface area contributed by atoms with Crippen LogP contribution in [-0.4, -0.2) is 74.0 Å². The number of rotatable bonds is 17. The largest absolute Gasteiger partial charge is 0.457 e. The van der Waals surface area contributed by atoms with Gasteiger partial charge in [0.1, 0.15) is 40.2 Å². The zero-order chi connectivity index (χ0) is 48.8. The minimum Gasteiger partial charge on any atom is -0.457 e. The summed E-state index contributed by atoms with van der Waals surface area (Å²) in [6.45, 7) is 8.11. The molecule has 0 spiro atoms. The monoisotopic (exact) mass is 961 g/mol. The minimum atomic E-state index is -1.66. The number of carbonyl (C=O) groups excluding carboxylic acids is 5. The van der Waals surface area contributed by atoms with Gasteiger partial charge in [-0.1, -0.05) is 157 Å². The van der Waals surface area contributed by atoms with Gasteiger partial charge in [0.25, 0.3) is 11.8 Å². The lowest BCUT2D eigenvalue weighted by Crippen LogP contribution is -2.71. The number of esters is 2. The Hall–Kier alpha value is -7.36. The number of fused-ring (bicyclic) bond motifs is 1. The van der Waals surface area contributed by atoms with Crippen LogP contribution in [0, 0.1) is 0 Å². The number of carbonyl (C=O) groups is 5. The number of nitrogens with one attached hydrogen (secondary N) is 2. The van der Waals surface area contributed by atoms with Crippen LogP contribution < -0.4 is 10.6 Å². The maximum atomic E-state index is 14.7. The van der Waals surface area contributed by atoms with Crippen molar-refractivity contribution in [3.05, 3.63) is 202 Å². The van der Waals surface area contributed by atoms with Crippen LogP contribution >= 0.6 is 23.1 Å². The van der Waals surface area contributed by atoms with E-state index in [-0.39, 0.29) is 29.3 Å². The maximum absolute atomic E-state index is 14.7. The van der Waals surface area contributed by atoms with Crippen LogP contribution in [0.25, 0.3) is 0 Å². The van der Waals surface area contributed by atoms with Gasteiger partial charge in [-0.15, -0.1) is 23.1 Å². The predicted octanol–water partition coefficient (Wildman–Crippen LogP) is 8.96. The molecule has 2 unspecified atom stereocenters. The molecule has 2 aliphatic rings. The van der Waals surface area contributed by atoms with Crippen molar-refractivity contribution in [1.29, 1.82) is 0 Å². The summed E-state index contributed by atoms with van der Waals surface area (Å²) in [6.07, 6.45) is -0.237. The molecule has 0 radical (unpaired) electrons. The molecule has 352 valence electrons. The van der Waals surface area contributed by atoms with E-state index in [0.29, 0.717) is 28.1 Å². The molecular weight excluding hydrogens is 911 g/mol. The summed E-state index contributed by atoms with van der Waals surface area (Å²) in [4.78, 5) is 80.6. The quantitative estimate of drug-likeness (QED) is 0.0224. The average Bonchev–Trinajstić information content (AvgIpc) is 3.82. The third-order valence-electron chi connectivity index (χ3n) is 11.4. The van der Waals surface area contributed by atoms with Crippen molar-refractivity contribution < 1.29 is 38.3 Å². The van der Waals surface area contributed by atoms with Crippen LogP contribution in [0.5, 0.6) is 0 Å². The molecule has 15 heteroatoms. The Balaban J connectivity index is 1.11. The van der Waals surface area contributed by atoms with E-state index in [2.05, 4.69) is 15.8 Å². The summed E-state index contributed by atoms with van der Waals surface area (Å²) in [5.74, 6) is -2.72. The zero-order valence-corrected chi connectivity index (χ0v) is 40.3. The van der Waals surface area contributed by atoms with Gasteiger partial charge < -0.3 is 29.7 Å². The molecule has 13 nitrogen and oxygen atoms in total. The van der Waals surface area contributed by atoms with Gasteiger partial charge in [-0.3, -0.25) is 14.5 Å². The Morgan fingerprint density at radius 1 is 0.783 bits per heavy atom. The second-order valence-corrected chi connectivity index (χ2v) is 19.8. The third-order valence-corrected chi connectivity index (χ3v) is 13.5. The summed E-state index contributed by atoms with van der Waals surface area (Å²) in [5, 5.41) is 12.1. The summed E-state index contributed by atoms with van der Waals surface area (Å²) >= 11 is 2.52. The highest BCUT2D eigenvalue weighted by Gasteiger charge is 2.55. The van der Waals surface area contributed by atoms with Crippen molar-refractivity contribution in [2.75, 3.05) is 11.1 Å². The fourth-order valence-corrected chi connectivity index (χ4v) is 10.2. The van der Waals surface area contributed by atoms with Gasteiger partial charge in [0, 0.05) is 17.6 Å². The smallest absolute Gasteiger partial charge is 0.356 e. The highest BCUT2D eigenvalue weighted by molar-refractivity contribution is 8.00. The molecule has 2 amide bonds. The number of anilines is 1. The SMILES string of the molecule is CC(C)(C)OC(=O)C(C)(C)ON=C(C(=O)NC1C(=O)N2C(C(=O)OC(c3ccccc3)c3ccccc3)=C(CC=O)CSC12)c1csc(NC(c2ccccc2)(c2ccccc2)c2ccccc2)n1. The van der Waals surface area contributed by atoms with Crippen molar-refractivity contribution in [3.63, 3.8) is 0 Å². The number of thiazole rings is 1. The number of thioether (sulfide) groups is 1. The summed E-state index contributed by atoms with van der Waals surface area (Å²) in [7, 11) is 0. The molecule has 6 aromatic rings. The number of aldehydes is 1. The molecule has 5 aromatic carbocycles. The fourth-order valence-electron chi connectivity index (χ4n) is 8.07. The number of amides is 2. The van der Waals surface area contributed by atoms with E-state index in [4.69, 9.17) is 19.3 Å². The number of β-lactam (4-membered cyclic amide) rings is 1. The zero-order valence-electron chi connectivity index (χ0n) is 38.7. The van der Waals surface area contributed by atoms with Gasteiger partial charge in [-0.25, -0.2) is 14.6 Å². The van der Waals surface area contributed by atoms with Crippen molar-refractivity contribution >= 4 is 64.0 Å². The van der Waals surface area contributed by atoms with Crippen molar-refractivity contribution in [2.24, 2.45) is 5.16 Å². The first-order valence-corrected chi connectivity index (χ1v) is 24.3. The first kappa shape index (κ1) is 48.1. The van der Waals surface area contributed by atoms with E-state index in [9.17, 15) is 24.0 Å². The minimum absolute atomic E-state index is 0.0384. The summed E-state index contributed by atoms with van der Waals surface area (Å²) < 4.78 is 11.8. The van der Waals surface area contributed by atoms with Crippen LogP contribution in [-0.2, 0) is 43.8 Å². The molecule has 1 saturated heterocycles. The summed E-state index contributed by atoms with van der Waals surface area (Å²) in [6, 6.07) is 47.2. The van der Waals surface area contributed by atoms with Gasteiger partial charge in [-0.2, -0.15) is 0 Å². The molecule has 2 N–H and O–H groups in total. The van der Waals surface area contributed by atoms with E-state index in [1.807, 2.05) is 152 Å². The normalized spacial score (nSPS) is 16.2. The number of hydrogen-bond donors (Lipinski definition) is 2. The fraction of sp³-hybridized carbons (Fsp3) is 0.241. The van der Waals surface area contributed by atoms with Crippen LogP contribution in [0.2, 0.25) is 0 Å².